The number of benzene rings is 3. The number of carbonyl (C=O) groups excluding carboxylic acids is 1. The van der Waals surface area contributed by atoms with E-state index in [-0.39, 0.29) is 5.91 Å². The molecule has 150 valence electrons. The highest BCUT2D eigenvalue weighted by Crippen LogP contribution is 2.29. The Morgan fingerprint density at radius 3 is 2.40 bits per heavy atom. The molecule has 1 heterocycles. The number of ether oxygens (including phenoxy) is 1. The van der Waals surface area contributed by atoms with Crippen LogP contribution in [-0.4, -0.2) is 11.1 Å². The third-order valence-electron chi connectivity index (χ3n) is 4.41. The van der Waals surface area contributed by atoms with Crippen LogP contribution >= 0.6 is 23.4 Å². The first-order valence-corrected chi connectivity index (χ1v) is 10.6. The first kappa shape index (κ1) is 20.3. The number of carbonyl (C=O) groups is 1. The number of nitrogens with zero attached hydrogens (tertiary/aromatic N) is 1. The second kappa shape index (κ2) is 9.20. The Morgan fingerprint density at radius 2 is 1.70 bits per heavy atom. The van der Waals surface area contributed by atoms with Gasteiger partial charge in [-0.2, -0.15) is 0 Å². The second-order valence-electron chi connectivity index (χ2n) is 6.80. The predicted molar refractivity (Wildman–Crippen MR) is 124 cm³/mol. The summed E-state index contributed by atoms with van der Waals surface area (Å²) in [6.07, 6.45) is 1.84. The van der Waals surface area contributed by atoms with Gasteiger partial charge in [-0.1, -0.05) is 53.6 Å². The molecule has 0 radical (unpaired) electrons. The van der Waals surface area contributed by atoms with Gasteiger partial charge in [-0.05, 0) is 72.3 Å². The zero-order valence-electron chi connectivity index (χ0n) is 16.3. The van der Waals surface area contributed by atoms with Crippen molar-refractivity contribution in [2.75, 3.05) is 0 Å². The number of halogens is 1. The number of aryl methyl sites for hydroxylation is 1. The average molecular weight is 435 g/mol. The molecular weight excluding hydrogens is 416 g/mol. The number of nitrogens with one attached hydrogen (secondary N) is 1. The van der Waals surface area contributed by atoms with E-state index < -0.39 is 0 Å². The van der Waals surface area contributed by atoms with Gasteiger partial charge in [0.2, 0.25) is 0 Å². The molecule has 3 aromatic rings. The Kier molecular flexibility index (Phi) is 6.21. The maximum absolute atomic E-state index is 12.3. The van der Waals surface area contributed by atoms with E-state index in [1.807, 2.05) is 30.3 Å². The quantitative estimate of drug-likeness (QED) is 0.492. The molecular formula is C24H19ClN2O2S. The summed E-state index contributed by atoms with van der Waals surface area (Å²) in [5.41, 5.74) is 4.01. The van der Waals surface area contributed by atoms with Crippen LogP contribution in [0.4, 0.5) is 5.69 Å². The van der Waals surface area contributed by atoms with E-state index >= 15 is 0 Å². The largest absolute Gasteiger partial charge is 0.489 e. The highest BCUT2D eigenvalue weighted by Gasteiger charge is 2.23. The van der Waals surface area contributed by atoms with Gasteiger partial charge < -0.3 is 10.1 Å². The smallest absolute Gasteiger partial charge is 0.264 e. The van der Waals surface area contributed by atoms with Crippen LogP contribution in [0.1, 0.15) is 16.7 Å². The third kappa shape index (κ3) is 5.32. The molecule has 0 unspecified atom stereocenters. The molecule has 0 aromatic heterocycles. The Balaban J connectivity index is 1.39. The fraction of sp³-hybridized carbons (Fsp3) is 0.0833. The van der Waals surface area contributed by atoms with Crippen LogP contribution in [0, 0.1) is 6.92 Å². The van der Waals surface area contributed by atoms with Crippen LogP contribution in [0.5, 0.6) is 5.75 Å². The SMILES string of the molecule is Cc1ccc(COc2ccc(/C=C3\SC(=Nc4ccc(Cl)cc4)NC3=O)cc2)cc1. The van der Waals surface area contributed by atoms with Gasteiger partial charge in [0.05, 0.1) is 10.6 Å². The van der Waals surface area contributed by atoms with Crippen LogP contribution in [0.2, 0.25) is 5.02 Å². The van der Waals surface area contributed by atoms with Crippen molar-refractivity contribution >= 4 is 46.2 Å². The van der Waals surface area contributed by atoms with Gasteiger partial charge in [0, 0.05) is 5.02 Å². The van der Waals surface area contributed by atoms with Crippen molar-refractivity contribution in [1.29, 1.82) is 0 Å². The zero-order chi connectivity index (χ0) is 20.9. The van der Waals surface area contributed by atoms with Crippen molar-refractivity contribution in [3.8, 4) is 5.75 Å². The van der Waals surface area contributed by atoms with Crippen molar-refractivity contribution in [2.45, 2.75) is 13.5 Å². The highest BCUT2D eigenvalue weighted by atomic mass is 35.5. The molecule has 0 saturated carbocycles. The molecule has 0 atom stereocenters. The van der Waals surface area contributed by atoms with Crippen LogP contribution in [-0.2, 0) is 11.4 Å². The summed E-state index contributed by atoms with van der Waals surface area (Å²) in [4.78, 5) is 17.3. The third-order valence-corrected chi connectivity index (χ3v) is 5.57. The molecule has 1 saturated heterocycles. The summed E-state index contributed by atoms with van der Waals surface area (Å²) in [6.45, 7) is 2.58. The van der Waals surface area contributed by atoms with Crippen LogP contribution in [0.3, 0.4) is 0 Å². The second-order valence-corrected chi connectivity index (χ2v) is 8.27. The van der Waals surface area contributed by atoms with Crippen molar-refractivity contribution in [2.24, 2.45) is 4.99 Å². The summed E-state index contributed by atoms with van der Waals surface area (Å²) in [5.74, 6) is 0.624. The fourth-order valence-corrected chi connectivity index (χ4v) is 3.74. The number of thioether (sulfide) groups is 1. The van der Waals surface area contributed by atoms with E-state index in [4.69, 9.17) is 16.3 Å². The van der Waals surface area contributed by atoms with Crippen molar-refractivity contribution in [3.63, 3.8) is 0 Å². The average Bonchev–Trinajstić information content (AvgIpc) is 3.09. The molecule has 0 aliphatic carbocycles. The minimum Gasteiger partial charge on any atom is -0.489 e. The molecule has 4 nitrogen and oxygen atoms in total. The summed E-state index contributed by atoms with van der Waals surface area (Å²) >= 11 is 7.20. The molecule has 4 rings (SSSR count). The van der Waals surface area contributed by atoms with E-state index in [0.29, 0.717) is 21.7 Å². The van der Waals surface area contributed by atoms with Gasteiger partial charge >= 0.3 is 0 Å². The summed E-state index contributed by atoms with van der Waals surface area (Å²) in [6, 6.07) is 23.1. The molecule has 1 aliphatic rings. The first-order valence-electron chi connectivity index (χ1n) is 9.39. The number of amidine groups is 1. The molecule has 0 spiro atoms. The van der Waals surface area contributed by atoms with Gasteiger partial charge in [-0.3, -0.25) is 4.79 Å². The standard InChI is InChI=1S/C24H19ClN2O2S/c1-16-2-4-18(5-3-16)15-29-21-12-6-17(7-13-21)14-22-23(28)27-24(30-22)26-20-10-8-19(25)9-11-20/h2-14H,15H2,1H3,(H,26,27,28)/b22-14-. The van der Waals surface area contributed by atoms with Gasteiger partial charge in [0.15, 0.2) is 5.17 Å². The minimum absolute atomic E-state index is 0.160. The predicted octanol–water partition coefficient (Wildman–Crippen LogP) is 6.12. The summed E-state index contributed by atoms with van der Waals surface area (Å²) < 4.78 is 5.84. The maximum atomic E-state index is 12.3. The number of hydrogen-bond acceptors (Lipinski definition) is 4. The molecule has 1 N–H and O–H groups in total. The summed E-state index contributed by atoms with van der Waals surface area (Å²) in [5, 5.41) is 3.98. The van der Waals surface area contributed by atoms with Crippen LogP contribution in [0.25, 0.3) is 6.08 Å². The Morgan fingerprint density at radius 1 is 1.00 bits per heavy atom. The lowest BCUT2D eigenvalue weighted by Crippen LogP contribution is -2.19. The zero-order valence-corrected chi connectivity index (χ0v) is 17.8. The normalized spacial score (nSPS) is 16.1. The Bertz CT molecular complexity index is 1110. The number of aliphatic imine (C=N–C) groups is 1. The van der Waals surface area contributed by atoms with Crippen molar-refractivity contribution in [1.82, 2.24) is 5.32 Å². The number of rotatable bonds is 5. The van der Waals surface area contributed by atoms with Crippen LogP contribution < -0.4 is 10.1 Å². The first-order chi connectivity index (χ1) is 14.5. The number of amides is 1. The van der Waals surface area contributed by atoms with Gasteiger partial charge in [0.1, 0.15) is 12.4 Å². The van der Waals surface area contributed by atoms with E-state index in [1.54, 1.807) is 24.3 Å². The van der Waals surface area contributed by atoms with E-state index in [1.165, 1.54) is 17.3 Å². The lowest BCUT2D eigenvalue weighted by molar-refractivity contribution is -0.115. The minimum atomic E-state index is -0.160. The van der Waals surface area contributed by atoms with E-state index in [0.717, 1.165) is 22.6 Å². The highest BCUT2D eigenvalue weighted by molar-refractivity contribution is 8.18. The molecule has 6 heteroatoms. The molecule has 30 heavy (non-hydrogen) atoms. The van der Waals surface area contributed by atoms with Gasteiger partial charge in [-0.25, -0.2) is 4.99 Å². The monoisotopic (exact) mass is 434 g/mol. The van der Waals surface area contributed by atoms with Gasteiger partial charge in [0.25, 0.3) is 5.91 Å². The van der Waals surface area contributed by atoms with E-state index in [2.05, 4.69) is 41.5 Å². The lowest BCUT2D eigenvalue weighted by atomic mass is 10.1. The topological polar surface area (TPSA) is 50.7 Å². The Labute approximate surface area is 184 Å². The Hall–Kier alpha value is -3.02. The van der Waals surface area contributed by atoms with Crippen molar-refractivity contribution in [3.05, 3.63) is 99.4 Å². The fourth-order valence-electron chi connectivity index (χ4n) is 2.78. The molecule has 1 fully saturated rings. The number of hydrogen-bond donors (Lipinski definition) is 1. The van der Waals surface area contributed by atoms with Crippen LogP contribution in [0.15, 0.2) is 82.7 Å². The van der Waals surface area contributed by atoms with E-state index in [9.17, 15) is 4.79 Å². The van der Waals surface area contributed by atoms with Gasteiger partial charge in [-0.15, -0.1) is 0 Å². The molecule has 3 aromatic carbocycles. The molecule has 0 bridgehead atoms. The lowest BCUT2D eigenvalue weighted by Gasteiger charge is -2.07. The molecule has 1 aliphatic heterocycles. The molecule has 1 amide bonds. The maximum Gasteiger partial charge on any atom is 0.264 e. The van der Waals surface area contributed by atoms with Crippen molar-refractivity contribution < 1.29 is 9.53 Å². The summed E-state index contributed by atoms with van der Waals surface area (Å²) in [7, 11) is 0.